The van der Waals surface area contributed by atoms with Gasteiger partial charge >= 0.3 is 25.7 Å². The van der Waals surface area contributed by atoms with Crippen molar-refractivity contribution in [3.05, 3.63) is 72.9 Å². The van der Waals surface area contributed by atoms with Gasteiger partial charge in [-0.15, -0.1) is 0 Å². The number of carbonyl (C=O) groups excluding carboxylic acids is 3. The van der Waals surface area contributed by atoms with Crippen molar-refractivity contribution < 1.29 is 52.2 Å². The lowest BCUT2D eigenvalue weighted by Crippen LogP contribution is -2.30. The Kier molecular flexibility index (Phi) is 44.2. The first-order chi connectivity index (χ1) is 31.2. The molecule has 11 nitrogen and oxygen atoms in total. The molecule has 0 rings (SSSR count). The number of ether oxygens (including phenoxy) is 3. The van der Waals surface area contributed by atoms with E-state index in [4.69, 9.17) is 23.3 Å². The maximum absolute atomic E-state index is 12.8. The molecule has 0 aromatic heterocycles. The number of hydrogen-bond acceptors (Lipinski definition) is 10. The van der Waals surface area contributed by atoms with Crippen molar-refractivity contribution in [3.8, 4) is 0 Å². The second-order valence-electron chi connectivity index (χ2n) is 16.2. The van der Waals surface area contributed by atoms with E-state index in [0.29, 0.717) is 19.3 Å². The number of aliphatic hydroxyl groups excluding tert-OH is 1. The lowest BCUT2D eigenvalue weighted by atomic mass is 10.1. The molecule has 0 saturated heterocycles. The minimum Gasteiger partial charge on any atom is -0.462 e. The highest BCUT2D eigenvalue weighted by Crippen LogP contribution is 2.43. The van der Waals surface area contributed by atoms with Gasteiger partial charge in [-0.25, -0.2) is 4.57 Å². The number of esters is 3. The average molecular weight is 921 g/mol. The van der Waals surface area contributed by atoms with Gasteiger partial charge in [-0.3, -0.25) is 23.4 Å². The van der Waals surface area contributed by atoms with Crippen molar-refractivity contribution >= 4 is 25.7 Å². The van der Waals surface area contributed by atoms with Crippen molar-refractivity contribution in [2.75, 3.05) is 26.4 Å². The maximum atomic E-state index is 12.8. The minimum absolute atomic E-state index is 0.0450. The molecule has 0 aromatic rings. The van der Waals surface area contributed by atoms with Crippen LogP contribution >= 0.6 is 7.82 Å². The standard InChI is InChI=1S/C52H89O11P/c1-4-7-10-13-16-19-22-24-27-30-33-36-39-42-51(55)62-48(44-53)46-60-64(57,58)61-47-49(45-59-50(54)41-38-35-32-29-26-21-18-15-12-9-6-3)63-52(56)43-40-37-34-31-28-25-23-20-17-14-11-8-5-2/h8,10-11,13,17,19-20,22,25,28,34,37,48-49,53H,4-7,9,12,14-16,18,21,23-24,26-27,29-33,35-36,38-47H2,1-3H3,(H,57,58)/b11-8-,13-10-,20-17-,22-19-,28-25-,37-34-. The van der Waals surface area contributed by atoms with Gasteiger partial charge < -0.3 is 24.2 Å². The van der Waals surface area contributed by atoms with Crippen LogP contribution in [0.3, 0.4) is 0 Å². The van der Waals surface area contributed by atoms with E-state index >= 15 is 0 Å². The normalized spacial score (nSPS) is 14.1. The summed E-state index contributed by atoms with van der Waals surface area (Å²) in [5, 5.41) is 9.75. The van der Waals surface area contributed by atoms with E-state index in [0.717, 1.165) is 96.3 Å². The highest BCUT2D eigenvalue weighted by Gasteiger charge is 2.28. The van der Waals surface area contributed by atoms with Crippen LogP contribution < -0.4 is 0 Å². The first-order valence-corrected chi connectivity index (χ1v) is 26.3. The van der Waals surface area contributed by atoms with Gasteiger partial charge in [0.2, 0.25) is 0 Å². The van der Waals surface area contributed by atoms with Crippen LogP contribution in [0.5, 0.6) is 0 Å². The number of hydrogen-bond donors (Lipinski definition) is 2. The van der Waals surface area contributed by atoms with Crippen LogP contribution in [0.2, 0.25) is 0 Å². The molecule has 0 aliphatic heterocycles. The van der Waals surface area contributed by atoms with Gasteiger partial charge in [0, 0.05) is 19.3 Å². The molecule has 0 aliphatic rings. The number of aliphatic hydroxyl groups is 1. The summed E-state index contributed by atoms with van der Waals surface area (Å²) >= 11 is 0. The van der Waals surface area contributed by atoms with Gasteiger partial charge in [0.25, 0.3) is 0 Å². The third-order valence-electron chi connectivity index (χ3n) is 10.1. The van der Waals surface area contributed by atoms with Crippen LogP contribution in [-0.2, 0) is 42.2 Å². The number of phosphoric ester groups is 1. The van der Waals surface area contributed by atoms with E-state index in [1.54, 1.807) is 0 Å². The number of rotatable bonds is 45. The Bertz CT molecular complexity index is 1350. The zero-order valence-electron chi connectivity index (χ0n) is 40.2. The van der Waals surface area contributed by atoms with Crippen molar-refractivity contribution in [3.63, 3.8) is 0 Å². The Hall–Kier alpha value is -3.08. The fourth-order valence-electron chi connectivity index (χ4n) is 6.35. The summed E-state index contributed by atoms with van der Waals surface area (Å²) < 4.78 is 39.2. The first-order valence-electron chi connectivity index (χ1n) is 24.8. The average Bonchev–Trinajstić information content (AvgIpc) is 3.28. The topological polar surface area (TPSA) is 155 Å². The molecule has 0 aliphatic carbocycles. The Balaban J connectivity index is 4.83. The Morgan fingerprint density at radius 1 is 0.453 bits per heavy atom. The Morgan fingerprint density at radius 3 is 1.41 bits per heavy atom. The quantitative estimate of drug-likeness (QED) is 0.0197. The molecule has 3 unspecified atom stereocenters. The SMILES string of the molecule is CC/C=C\C/C=C\C/C=C\C/C=C\CCC(=O)OC(COC(=O)CCCCCCCCCCCCC)COP(=O)(O)OCC(CO)OC(=O)CCCCCCC/C=C\C/C=C\CCC. The zero-order chi connectivity index (χ0) is 47.0. The molecule has 0 fully saturated rings. The Labute approximate surface area is 388 Å². The van der Waals surface area contributed by atoms with E-state index in [1.807, 2.05) is 12.2 Å². The van der Waals surface area contributed by atoms with Crippen molar-refractivity contribution in [1.29, 1.82) is 0 Å². The maximum Gasteiger partial charge on any atom is 0.472 e. The summed E-state index contributed by atoms with van der Waals surface area (Å²) in [5.74, 6) is -1.58. The number of phosphoric acid groups is 1. The van der Waals surface area contributed by atoms with Gasteiger partial charge in [-0.05, 0) is 70.6 Å². The number of allylic oxidation sites excluding steroid dienone is 12. The molecule has 0 aromatic carbocycles. The third-order valence-corrected chi connectivity index (χ3v) is 11.1. The van der Waals surface area contributed by atoms with E-state index in [9.17, 15) is 28.9 Å². The lowest BCUT2D eigenvalue weighted by Gasteiger charge is -2.21. The van der Waals surface area contributed by atoms with Crippen LogP contribution in [0, 0.1) is 0 Å². The molecule has 0 spiro atoms. The lowest BCUT2D eigenvalue weighted by molar-refractivity contribution is -0.161. The molecular formula is C52H89O11P. The largest absolute Gasteiger partial charge is 0.472 e. The van der Waals surface area contributed by atoms with Crippen LogP contribution in [0.25, 0.3) is 0 Å². The summed E-state index contributed by atoms with van der Waals surface area (Å²) in [6.45, 7) is 4.33. The van der Waals surface area contributed by atoms with Crippen molar-refractivity contribution in [2.24, 2.45) is 0 Å². The van der Waals surface area contributed by atoms with Gasteiger partial charge in [-0.2, -0.15) is 0 Å². The van der Waals surface area contributed by atoms with E-state index in [-0.39, 0.29) is 25.9 Å². The van der Waals surface area contributed by atoms with Crippen molar-refractivity contribution in [2.45, 2.75) is 213 Å². The zero-order valence-corrected chi connectivity index (χ0v) is 41.1. The molecular weight excluding hydrogens is 832 g/mol. The van der Waals surface area contributed by atoms with Gasteiger partial charge in [-0.1, -0.05) is 184 Å². The second kappa shape index (κ2) is 46.4. The number of unbranched alkanes of at least 4 members (excludes halogenated alkanes) is 16. The highest BCUT2D eigenvalue weighted by molar-refractivity contribution is 7.47. The second-order valence-corrected chi connectivity index (χ2v) is 17.7. The molecule has 12 heteroatoms. The summed E-state index contributed by atoms with van der Waals surface area (Å²) in [4.78, 5) is 48.1. The summed E-state index contributed by atoms with van der Waals surface area (Å²) in [7, 11) is -4.76. The molecule has 0 saturated carbocycles. The van der Waals surface area contributed by atoms with E-state index < -0.39 is 57.8 Å². The third kappa shape index (κ3) is 44.1. The van der Waals surface area contributed by atoms with Crippen LogP contribution in [0.4, 0.5) is 0 Å². The van der Waals surface area contributed by atoms with Crippen LogP contribution in [0.1, 0.15) is 201 Å². The minimum atomic E-state index is -4.76. The predicted molar refractivity (Wildman–Crippen MR) is 261 cm³/mol. The molecule has 0 heterocycles. The van der Waals surface area contributed by atoms with E-state index in [1.165, 1.54) is 44.9 Å². The molecule has 2 N–H and O–H groups in total. The number of carbonyl (C=O) groups is 3. The van der Waals surface area contributed by atoms with Crippen LogP contribution in [0.15, 0.2) is 72.9 Å². The summed E-state index contributed by atoms with van der Waals surface area (Å²) in [6.07, 6.45) is 49.0. The molecule has 64 heavy (non-hydrogen) atoms. The van der Waals surface area contributed by atoms with Gasteiger partial charge in [0.15, 0.2) is 6.10 Å². The molecule has 0 amide bonds. The highest BCUT2D eigenvalue weighted by atomic mass is 31.2. The van der Waals surface area contributed by atoms with Gasteiger partial charge in [0.1, 0.15) is 12.7 Å². The fourth-order valence-corrected chi connectivity index (χ4v) is 7.13. The summed E-state index contributed by atoms with van der Waals surface area (Å²) in [5.41, 5.74) is 0. The smallest absolute Gasteiger partial charge is 0.462 e. The fraction of sp³-hybridized carbons (Fsp3) is 0.712. The molecule has 3 atom stereocenters. The molecule has 0 radical (unpaired) electrons. The Morgan fingerprint density at radius 2 is 0.875 bits per heavy atom. The predicted octanol–water partition coefficient (Wildman–Crippen LogP) is 13.8. The molecule has 368 valence electrons. The van der Waals surface area contributed by atoms with Crippen LogP contribution in [-0.4, -0.2) is 66.5 Å². The monoisotopic (exact) mass is 921 g/mol. The van der Waals surface area contributed by atoms with E-state index in [2.05, 4.69) is 81.5 Å². The molecule has 0 bridgehead atoms. The summed E-state index contributed by atoms with van der Waals surface area (Å²) in [6, 6.07) is 0. The van der Waals surface area contributed by atoms with Gasteiger partial charge in [0.05, 0.1) is 19.8 Å². The first kappa shape index (κ1) is 60.9. The van der Waals surface area contributed by atoms with Crippen molar-refractivity contribution in [1.82, 2.24) is 0 Å².